The van der Waals surface area contributed by atoms with Crippen molar-refractivity contribution in [3.05, 3.63) is 67.7 Å². The van der Waals surface area contributed by atoms with E-state index in [1.165, 1.54) is 0 Å². The van der Waals surface area contributed by atoms with E-state index in [9.17, 15) is 14.7 Å². The van der Waals surface area contributed by atoms with Crippen molar-refractivity contribution in [2.24, 2.45) is 0 Å². The first-order valence-electron chi connectivity index (χ1n) is 6.49. The minimum absolute atomic E-state index is 0.242. The molecule has 22 heavy (non-hydrogen) atoms. The molecule has 1 amide bonds. The molecule has 0 heterocycles. The highest BCUT2D eigenvalue weighted by Crippen LogP contribution is 2.13. The summed E-state index contributed by atoms with van der Waals surface area (Å²) in [5, 5.41) is 11.9. The van der Waals surface area contributed by atoms with Gasteiger partial charge in [0, 0.05) is 20.0 Å². The van der Waals surface area contributed by atoms with Gasteiger partial charge in [-0.2, -0.15) is 0 Å². The third kappa shape index (κ3) is 4.81. The van der Waals surface area contributed by atoms with Crippen LogP contribution in [-0.2, 0) is 11.2 Å². The summed E-state index contributed by atoms with van der Waals surface area (Å²) in [5.74, 6) is -1.46. The maximum absolute atomic E-state index is 12.2. The highest BCUT2D eigenvalue weighted by atomic mass is 127. The second kappa shape index (κ2) is 7.73. The van der Waals surface area contributed by atoms with Crippen LogP contribution in [0.5, 0.6) is 0 Å². The number of carbonyl (C=O) groups excluding carboxylic acids is 1. The quantitative estimate of drug-likeness (QED) is 0.653. The molecule has 6 heteroatoms. The maximum atomic E-state index is 12.2. The summed E-state index contributed by atoms with van der Waals surface area (Å²) in [6, 6.07) is 13.4. The second-order valence-corrected chi connectivity index (χ2v) is 6.87. The SMILES string of the molecule is O=C(N[C@@H](Cc1ccc(I)cc1)C(=O)O)c1cccc(Br)c1. The van der Waals surface area contributed by atoms with Gasteiger partial charge in [0.15, 0.2) is 0 Å². The van der Waals surface area contributed by atoms with Crippen molar-refractivity contribution in [2.75, 3.05) is 0 Å². The van der Waals surface area contributed by atoms with Crippen molar-refractivity contribution in [2.45, 2.75) is 12.5 Å². The molecule has 0 aliphatic carbocycles. The topological polar surface area (TPSA) is 66.4 Å². The Balaban J connectivity index is 2.10. The van der Waals surface area contributed by atoms with Gasteiger partial charge in [0.1, 0.15) is 6.04 Å². The third-order valence-electron chi connectivity index (χ3n) is 3.04. The molecule has 2 aromatic rings. The molecule has 4 nitrogen and oxygen atoms in total. The van der Waals surface area contributed by atoms with Crippen LogP contribution in [0.15, 0.2) is 53.0 Å². The number of hydrogen-bond donors (Lipinski definition) is 2. The Morgan fingerprint density at radius 1 is 1.18 bits per heavy atom. The van der Waals surface area contributed by atoms with Crippen LogP contribution in [0.1, 0.15) is 15.9 Å². The molecule has 1 atom stereocenters. The van der Waals surface area contributed by atoms with Crippen molar-refractivity contribution >= 4 is 50.4 Å². The molecule has 0 radical (unpaired) electrons. The summed E-state index contributed by atoms with van der Waals surface area (Å²) in [7, 11) is 0. The summed E-state index contributed by atoms with van der Waals surface area (Å²) >= 11 is 5.47. The van der Waals surface area contributed by atoms with Crippen molar-refractivity contribution in [1.82, 2.24) is 5.32 Å². The van der Waals surface area contributed by atoms with Gasteiger partial charge in [0.25, 0.3) is 5.91 Å². The molecule has 2 aromatic carbocycles. The number of carboxylic acid groups (broad SMARTS) is 1. The van der Waals surface area contributed by atoms with Crippen LogP contribution in [0.3, 0.4) is 0 Å². The number of rotatable bonds is 5. The van der Waals surface area contributed by atoms with Crippen molar-refractivity contribution in [1.29, 1.82) is 0 Å². The summed E-state index contributed by atoms with van der Waals surface area (Å²) in [4.78, 5) is 23.5. The Hall–Kier alpha value is -1.41. The summed E-state index contributed by atoms with van der Waals surface area (Å²) in [6.45, 7) is 0. The van der Waals surface area contributed by atoms with E-state index < -0.39 is 17.9 Å². The maximum Gasteiger partial charge on any atom is 0.326 e. The Labute approximate surface area is 150 Å². The van der Waals surface area contributed by atoms with Crippen molar-refractivity contribution in [3.8, 4) is 0 Å². The van der Waals surface area contributed by atoms with Crippen LogP contribution in [0, 0.1) is 3.57 Å². The van der Waals surface area contributed by atoms with E-state index in [1.807, 2.05) is 24.3 Å². The lowest BCUT2D eigenvalue weighted by molar-refractivity contribution is -0.139. The Kier molecular flexibility index (Phi) is 5.96. The first-order valence-corrected chi connectivity index (χ1v) is 8.36. The molecule has 0 aromatic heterocycles. The molecule has 0 fully saturated rings. The zero-order valence-electron chi connectivity index (χ0n) is 11.4. The van der Waals surface area contributed by atoms with Gasteiger partial charge in [-0.1, -0.05) is 34.1 Å². The third-order valence-corrected chi connectivity index (χ3v) is 4.26. The number of carboxylic acids is 1. The molecule has 0 saturated heterocycles. The zero-order chi connectivity index (χ0) is 16.1. The highest BCUT2D eigenvalue weighted by molar-refractivity contribution is 14.1. The van der Waals surface area contributed by atoms with Crippen LogP contribution in [0.25, 0.3) is 0 Å². The average molecular weight is 474 g/mol. The van der Waals surface area contributed by atoms with Gasteiger partial charge >= 0.3 is 5.97 Å². The van der Waals surface area contributed by atoms with Gasteiger partial charge in [-0.15, -0.1) is 0 Å². The van der Waals surface area contributed by atoms with Gasteiger partial charge in [-0.05, 0) is 58.5 Å². The van der Waals surface area contributed by atoms with E-state index in [0.717, 1.165) is 13.6 Å². The molecule has 0 spiro atoms. The largest absolute Gasteiger partial charge is 0.480 e. The van der Waals surface area contributed by atoms with Gasteiger partial charge in [-0.25, -0.2) is 4.79 Å². The van der Waals surface area contributed by atoms with E-state index in [1.54, 1.807) is 24.3 Å². The lowest BCUT2D eigenvalue weighted by Crippen LogP contribution is -2.42. The number of nitrogens with one attached hydrogen (secondary N) is 1. The first kappa shape index (κ1) is 17.0. The zero-order valence-corrected chi connectivity index (χ0v) is 15.2. The predicted octanol–water partition coefficient (Wildman–Crippen LogP) is 3.48. The molecular weight excluding hydrogens is 461 g/mol. The fourth-order valence-corrected chi connectivity index (χ4v) is 2.69. The molecule has 2 N–H and O–H groups in total. The molecular formula is C16H13BrINO3. The highest BCUT2D eigenvalue weighted by Gasteiger charge is 2.21. The molecule has 114 valence electrons. The minimum atomic E-state index is -1.05. The van der Waals surface area contributed by atoms with E-state index in [2.05, 4.69) is 43.8 Å². The smallest absolute Gasteiger partial charge is 0.326 e. The standard InChI is InChI=1S/C16H13BrINO3/c17-12-3-1-2-11(9-12)15(20)19-14(16(21)22)8-10-4-6-13(18)7-5-10/h1-7,9,14H,8H2,(H,19,20)(H,21,22)/t14-/m0/s1. The van der Waals surface area contributed by atoms with Crippen molar-refractivity contribution in [3.63, 3.8) is 0 Å². The van der Waals surface area contributed by atoms with E-state index >= 15 is 0 Å². The van der Waals surface area contributed by atoms with Crippen LogP contribution in [0.4, 0.5) is 0 Å². The molecule has 0 aliphatic rings. The van der Waals surface area contributed by atoms with Crippen molar-refractivity contribution < 1.29 is 14.7 Å². The first-order chi connectivity index (χ1) is 10.5. The number of hydrogen-bond acceptors (Lipinski definition) is 2. The minimum Gasteiger partial charge on any atom is -0.480 e. The number of benzene rings is 2. The number of halogens is 2. The summed E-state index contributed by atoms with van der Waals surface area (Å²) in [5.41, 5.74) is 1.28. The molecule has 0 saturated carbocycles. The van der Waals surface area contributed by atoms with Gasteiger partial charge < -0.3 is 10.4 Å². The lowest BCUT2D eigenvalue weighted by Gasteiger charge is -2.15. The molecule has 0 bridgehead atoms. The van der Waals surface area contributed by atoms with E-state index in [0.29, 0.717) is 5.56 Å². The fraction of sp³-hybridized carbons (Fsp3) is 0.125. The Bertz CT molecular complexity index is 688. The lowest BCUT2D eigenvalue weighted by atomic mass is 10.1. The number of carbonyl (C=O) groups is 2. The molecule has 0 unspecified atom stereocenters. The van der Waals surface area contributed by atoms with Crippen LogP contribution in [0.2, 0.25) is 0 Å². The van der Waals surface area contributed by atoms with E-state index in [4.69, 9.17) is 0 Å². The Morgan fingerprint density at radius 3 is 2.45 bits per heavy atom. The average Bonchev–Trinajstić information content (AvgIpc) is 2.48. The fourth-order valence-electron chi connectivity index (χ4n) is 1.93. The second-order valence-electron chi connectivity index (χ2n) is 4.71. The predicted molar refractivity (Wildman–Crippen MR) is 95.9 cm³/mol. The molecule has 2 rings (SSSR count). The monoisotopic (exact) mass is 473 g/mol. The van der Waals surface area contributed by atoms with Crippen LogP contribution >= 0.6 is 38.5 Å². The number of aliphatic carboxylic acids is 1. The van der Waals surface area contributed by atoms with Gasteiger partial charge in [-0.3, -0.25) is 4.79 Å². The van der Waals surface area contributed by atoms with Gasteiger partial charge in [0.05, 0.1) is 0 Å². The van der Waals surface area contributed by atoms with Crippen LogP contribution < -0.4 is 5.32 Å². The summed E-state index contributed by atoms with van der Waals surface area (Å²) < 4.78 is 1.84. The van der Waals surface area contributed by atoms with Crippen LogP contribution in [-0.4, -0.2) is 23.0 Å². The summed E-state index contributed by atoms with van der Waals surface area (Å²) in [6.07, 6.45) is 0.242. The normalized spacial score (nSPS) is 11.7. The van der Waals surface area contributed by atoms with Gasteiger partial charge in [0.2, 0.25) is 0 Å². The Morgan fingerprint density at radius 2 is 1.86 bits per heavy atom. The molecule has 0 aliphatic heterocycles. The van der Waals surface area contributed by atoms with E-state index in [-0.39, 0.29) is 6.42 Å². The number of amides is 1.